The number of hydroxylamine groups is 2. The van der Waals surface area contributed by atoms with Crippen LogP contribution in [0, 0.1) is 43.9 Å². The zero-order valence-corrected chi connectivity index (χ0v) is 27.9. The Labute approximate surface area is 268 Å². The van der Waals surface area contributed by atoms with Gasteiger partial charge in [0, 0.05) is 29.6 Å². The van der Waals surface area contributed by atoms with E-state index in [0.29, 0.717) is 19.3 Å². The summed E-state index contributed by atoms with van der Waals surface area (Å²) >= 11 is 7.73. The predicted molar refractivity (Wildman–Crippen MR) is 161 cm³/mol. The van der Waals surface area contributed by atoms with Crippen LogP contribution in [-0.2, 0) is 33.4 Å². The van der Waals surface area contributed by atoms with Gasteiger partial charge in [-0.2, -0.15) is 0 Å². The number of nitrogens with one attached hydrogen (secondary N) is 1. The van der Waals surface area contributed by atoms with Crippen LogP contribution in [0.2, 0.25) is 0 Å². The molecule has 0 spiro atoms. The number of ketones is 1. The maximum atomic E-state index is 14.6. The van der Waals surface area contributed by atoms with E-state index in [1.54, 1.807) is 39.8 Å². The molecule has 1 N–H and O–H groups in total. The quantitative estimate of drug-likeness (QED) is 0.135. The summed E-state index contributed by atoms with van der Waals surface area (Å²) in [4.78, 5) is 54.7. The van der Waals surface area contributed by atoms with Crippen molar-refractivity contribution < 1.29 is 43.6 Å². The third-order valence-electron chi connectivity index (χ3n) is 11.9. The first-order chi connectivity index (χ1) is 20.9. The minimum Gasteiger partial charge on any atom is -0.632 e. The van der Waals surface area contributed by atoms with E-state index in [1.807, 2.05) is 20.8 Å². The Kier molecular flexibility index (Phi) is 8.28. The van der Waals surface area contributed by atoms with Gasteiger partial charge in [-0.15, -0.1) is 21.7 Å². The summed E-state index contributed by atoms with van der Waals surface area (Å²) in [6.07, 6.45) is 4.99. The zero-order valence-electron chi connectivity index (χ0n) is 27.1. The lowest BCUT2D eigenvalue weighted by Gasteiger charge is -2.65. The summed E-state index contributed by atoms with van der Waals surface area (Å²) in [6, 6.07) is 0. The fourth-order valence-electron chi connectivity index (χ4n) is 9.88. The molecule has 0 amide bonds. The van der Waals surface area contributed by atoms with E-state index in [1.165, 1.54) is 6.08 Å². The highest BCUT2D eigenvalue weighted by Gasteiger charge is 2.84. The first-order valence-corrected chi connectivity index (χ1v) is 16.3. The molecule has 13 heteroatoms. The molecule has 0 aromatic heterocycles. The van der Waals surface area contributed by atoms with Crippen molar-refractivity contribution >= 4 is 29.3 Å². The summed E-state index contributed by atoms with van der Waals surface area (Å²) in [5.74, 6) is -2.52. The number of rotatable bonds is 8. The lowest BCUT2D eigenvalue weighted by atomic mass is 9.45. The van der Waals surface area contributed by atoms with Crippen LogP contribution in [0.15, 0.2) is 23.8 Å². The van der Waals surface area contributed by atoms with Crippen molar-refractivity contribution in [2.24, 2.45) is 28.6 Å². The molecule has 45 heavy (non-hydrogen) atoms. The van der Waals surface area contributed by atoms with Crippen molar-refractivity contribution in [3.63, 3.8) is 0 Å². The Morgan fingerprint density at radius 1 is 1.16 bits per heavy atom. The van der Waals surface area contributed by atoms with Gasteiger partial charge in [-0.3, -0.25) is 14.4 Å². The third kappa shape index (κ3) is 4.45. The average Bonchev–Trinajstić information content (AvgIpc) is 3.34. The Morgan fingerprint density at radius 3 is 2.40 bits per heavy atom. The summed E-state index contributed by atoms with van der Waals surface area (Å²) in [5.41, 5.74) is -5.89. The molecular weight excluding hydrogens is 608 g/mol. The van der Waals surface area contributed by atoms with Crippen LogP contribution >= 0.6 is 11.6 Å². The fourth-order valence-corrected chi connectivity index (χ4v) is 10.4. The van der Waals surface area contributed by atoms with E-state index in [9.17, 15) is 29.7 Å². The van der Waals surface area contributed by atoms with Gasteiger partial charge < -0.3 is 29.3 Å². The first kappa shape index (κ1) is 33.8. The van der Waals surface area contributed by atoms with Crippen LogP contribution in [0.3, 0.4) is 0 Å². The Hall–Kier alpha value is -2.54. The van der Waals surface area contributed by atoms with Gasteiger partial charge in [0.1, 0.15) is 18.2 Å². The minimum atomic E-state index is -1.89. The van der Waals surface area contributed by atoms with E-state index in [2.05, 4.69) is 0 Å². The molecule has 1 aliphatic heterocycles. The number of carbonyl (C=O) groups excluding carboxylic acids is 3. The molecule has 0 bridgehead atoms. The standard InChI is InChI=1S/C32H45ClN2O10/c1-8-25(37)42-18-30(34(39)27(4,5)17-43-30)32(44-26(38)9-2)19(3)14-23-22-11-10-20-15-21(36)12-13-28(20,6)31(22,33)24(45-35(40)41)16-29(23,32)7/h12-13,15,19,22-24,34H,8-11,14,16-18H2,1-7H3/t19-,22?,23?,24-,28-,29-,30?,31-,32+/m0/s1. The highest BCUT2D eigenvalue weighted by Crippen LogP contribution is 2.74. The van der Waals surface area contributed by atoms with Crippen LogP contribution in [0.1, 0.15) is 87.0 Å². The van der Waals surface area contributed by atoms with Crippen molar-refractivity contribution in [2.75, 3.05) is 13.2 Å². The molecular formula is C32H45ClN2O10. The molecule has 4 unspecified atom stereocenters. The molecule has 5 rings (SSSR count). The second-order valence-corrected chi connectivity index (χ2v) is 15.2. The fraction of sp³-hybridized carbons (Fsp3) is 0.781. The maximum absolute atomic E-state index is 14.6. The predicted octanol–water partition coefficient (Wildman–Crippen LogP) is 3.62. The normalized spacial score (nSPS) is 44.7. The number of esters is 2. The number of hydrogen-bond donors (Lipinski definition) is 1. The van der Waals surface area contributed by atoms with Crippen molar-refractivity contribution in [1.82, 2.24) is 0 Å². The van der Waals surface area contributed by atoms with Crippen molar-refractivity contribution in [3.8, 4) is 0 Å². The highest BCUT2D eigenvalue weighted by molar-refractivity contribution is 6.26. The van der Waals surface area contributed by atoms with Crippen molar-refractivity contribution in [1.29, 1.82) is 0 Å². The zero-order chi connectivity index (χ0) is 33.4. The van der Waals surface area contributed by atoms with Crippen molar-refractivity contribution in [2.45, 2.75) is 115 Å². The van der Waals surface area contributed by atoms with Gasteiger partial charge >= 0.3 is 11.9 Å². The molecule has 0 aromatic carbocycles. The summed E-state index contributed by atoms with van der Waals surface area (Å²) in [5, 5.41) is 25.5. The van der Waals surface area contributed by atoms with Gasteiger partial charge in [0.05, 0.1) is 4.87 Å². The lowest BCUT2D eigenvalue weighted by molar-refractivity contribution is -0.961. The number of ether oxygens (including phenoxy) is 3. The van der Waals surface area contributed by atoms with E-state index >= 15 is 0 Å². The van der Waals surface area contributed by atoms with Gasteiger partial charge in [-0.1, -0.05) is 46.3 Å². The summed E-state index contributed by atoms with van der Waals surface area (Å²) < 4.78 is 18.7. The van der Waals surface area contributed by atoms with Gasteiger partial charge in [0.2, 0.25) is 5.60 Å². The second kappa shape index (κ2) is 11.0. The van der Waals surface area contributed by atoms with Gasteiger partial charge in [-0.25, -0.2) is 0 Å². The Balaban J connectivity index is 1.76. The molecule has 4 aliphatic carbocycles. The number of hydrogen-bond acceptors (Lipinski definition) is 10. The molecule has 1 heterocycles. The molecule has 4 fully saturated rings. The van der Waals surface area contributed by atoms with Gasteiger partial charge in [0.15, 0.2) is 12.4 Å². The lowest BCUT2D eigenvalue weighted by Crippen LogP contribution is -3.24. The molecule has 5 aliphatic rings. The third-order valence-corrected chi connectivity index (χ3v) is 12.8. The summed E-state index contributed by atoms with van der Waals surface area (Å²) in [7, 11) is 0. The first-order valence-electron chi connectivity index (χ1n) is 15.9. The number of carbonyl (C=O) groups is 3. The van der Waals surface area contributed by atoms with Gasteiger partial charge in [0.25, 0.3) is 10.8 Å². The number of fused-ring (bicyclic) bond motifs is 5. The van der Waals surface area contributed by atoms with Crippen LogP contribution in [0.5, 0.6) is 0 Å². The van der Waals surface area contributed by atoms with E-state index in [0.717, 1.165) is 5.57 Å². The topological polar surface area (TPSA) is 159 Å². The number of alkyl halides is 1. The highest BCUT2D eigenvalue weighted by atomic mass is 35.5. The molecule has 10 atom stereocenters. The average molecular weight is 653 g/mol. The smallest absolute Gasteiger partial charge is 0.306 e. The Bertz CT molecular complexity index is 1350. The van der Waals surface area contributed by atoms with Crippen LogP contribution in [0.25, 0.3) is 0 Å². The van der Waals surface area contributed by atoms with Gasteiger partial charge in [-0.05, 0) is 63.5 Å². The number of halogens is 1. The number of allylic oxidation sites excluding steroid dienone is 4. The minimum absolute atomic E-state index is 0.000372. The molecule has 250 valence electrons. The molecule has 1 saturated heterocycles. The molecule has 0 aromatic rings. The van der Waals surface area contributed by atoms with E-state index in [-0.39, 0.29) is 42.6 Å². The van der Waals surface area contributed by atoms with E-state index in [4.69, 9.17) is 30.6 Å². The molecule has 0 radical (unpaired) electrons. The Morgan fingerprint density at radius 2 is 1.82 bits per heavy atom. The SMILES string of the molecule is CCC(=O)OCC1([C@@]2(OC(=O)CC)[C@@H](C)CC3C4CCC5=CC(=O)C=C[C@]5(C)[C@@]4(Cl)[C@@H](O[N+](=O)[O-])C[C@@]32C)OCC(C)(C)[NH+]1[O-]. The van der Waals surface area contributed by atoms with E-state index < -0.39 is 74.1 Å². The van der Waals surface area contributed by atoms with Crippen LogP contribution < -0.4 is 5.06 Å². The van der Waals surface area contributed by atoms with Crippen LogP contribution in [0.4, 0.5) is 0 Å². The number of nitrogens with zero attached hydrogens (tertiary/aromatic N) is 1. The van der Waals surface area contributed by atoms with Crippen molar-refractivity contribution in [3.05, 3.63) is 39.1 Å². The van der Waals surface area contributed by atoms with Crippen LogP contribution in [-0.4, -0.2) is 63.9 Å². The maximum Gasteiger partial charge on any atom is 0.306 e. The monoisotopic (exact) mass is 652 g/mol. The number of quaternary nitrogens is 1. The second-order valence-electron chi connectivity index (χ2n) is 14.6. The summed E-state index contributed by atoms with van der Waals surface area (Å²) in [6.45, 7) is 12.0. The molecule has 12 nitrogen and oxygen atoms in total. The largest absolute Gasteiger partial charge is 0.632 e. The molecule has 3 saturated carbocycles.